The second kappa shape index (κ2) is 18.5. The molecule has 1 aliphatic carbocycles. The molecular formula is C39H71O6PSi2. The molecule has 1 aliphatic rings. The van der Waals surface area contributed by atoms with Gasteiger partial charge < -0.3 is 18.1 Å². The van der Waals surface area contributed by atoms with Crippen LogP contribution in [0.25, 0.3) is 0 Å². The lowest BCUT2D eigenvalue weighted by atomic mass is 9.85. The topological polar surface area (TPSA) is 71.1 Å². The van der Waals surface area contributed by atoms with Crippen molar-refractivity contribution in [3.05, 3.63) is 48.0 Å². The number of hydrogen-bond acceptors (Lipinski definition) is 6. The zero-order valence-corrected chi connectivity index (χ0v) is 35.8. The van der Waals surface area contributed by atoms with Crippen LogP contribution in [0.4, 0.5) is 0 Å². The van der Waals surface area contributed by atoms with Crippen LogP contribution in [-0.2, 0) is 33.9 Å². The Labute approximate surface area is 297 Å². The van der Waals surface area contributed by atoms with Gasteiger partial charge in [-0.25, -0.2) is 0 Å². The molecule has 2 rings (SSSR count). The summed E-state index contributed by atoms with van der Waals surface area (Å²) in [5.41, 5.74) is 1.38. The average molecular weight is 723 g/mol. The molecule has 0 aliphatic heterocycles. The summed E-state index contributed by atoms with van der Waals surface area (Å²) in [6, 6.07) is 10.8. The Kier molecular flexibility index (Phi) is 16.6. The van der Waals surface area contributed by atoms with Gasteiger partial charge in [0.05, 0.1) is 6.10 Å². The highest BCUT2D eigenvalue weighted by atomic mass is 31.2. The van der Waals surface area contributed by atoms with Crippen molar-refractivity contribution >= 4 is 30.0 Å². The fraction of sp³-hybridized carbons (Fsp3) is 0.769. The van der Waals surface area contributed by atoms with Gasteiger partial charge in [-0.2, -0.15) is 0 Å². The summed E-state index contributed by atoms with van der Waals surface area (Å²) in [5, 5.41) is 0.216. The van der Waals surface area contributed by atoms with E-state index in [1.165, 1.54) is 19.6 Å². The van der Waals surface area contributed by atoms with E-state index in [0.717, 1.165) is 57.8 Å². The molecule has 0 N–H and O–H groups in total. The Morgan fingerprint density at radius 3 is 2.10 bits per heavy atom. The van der Waals surface area contributed by atoms with Crippen LogP contribution in [-0.4, -0.2) is 60.9 Å². The van der Waals surface area contributed by atoms with Crippen molar-refractivity contribution in [2.75, 3.05) is 19.9 Å². The van der Waals surface area contributed by atoms with E-state index in [1.54, 1.807) is 6.66 Å². The highest BCUT2D eigenvalue weighted by molar-refractivity contribution is 7.58. The lowest BCUT2D eigenvalue weighted by Gasteiger charge is -2.41. The lowest BCUT2D eigenvalue weighted by Crippen LogP contribution is -2.45. The van der Waals surface area contributed by atoms with E-state index in [0.29, 0.717) is 6.16 Å². The third-order valence-electron chi connectivity index (χ3n) is 11.4. The summed E-state index contributed by atoms with van der Waals surface area (Å²) in [5.74, 6) is 0.213. The van der Waals surface area contributed by atoms with E-state index in [1.807, 2.05) is 0 Å². The smallest absolute Gasteiger partial charge is 0.302 e. The molecule has 6 atom stereocenters. The Balaban J connectivity index is 2.34. The van der Waals surface area contributed by atoms with Crippen LogP contribution < -0.4 is 0 Å². The quantitative estimate of drug-likeness (QED) is 0.0465. The lowest BCUT2D eigenvalue weighted by molar-refractivity contribution is -0.148. The number of rotatable bonds is 19. The van der Waals surface area contributed by atoms with Crippen molar-refractivity contribution in [1.29, 1.82) is 0 Å². The number of carbonyl (C=O) groups excluding carboxylic acids is 1. The molecule has 276 valence electrons. The number of ether oxygens (including phenoxy) is 1. The highest BCUT2D eigenvalue weighted by Crippen LogP contribution is 2.47. The van der Waals surface area contributed by atoms with Gasteiger partial charge in [0.25, 0.3) is 0 Å². The van der Waals surface area contributed by atoms with Gasteiger partial charge in [-0.15, -0.1) is 0 Å². The molecule has 0 saturated heterocycles. The summed E-state index contributed by atoms with van der Waals surface area (Å²) >= 11 is 0. The van der Waals surface area contributed by atoms with Crippen molar-refractivity contribution in [3.8, 4) is 0 Å². The highest BCUT2D eigenvalue weighted by Gasteiger charge is 2.49. The van der Waals surface area contributed by atoms with E-state index >= 15 is 0 Å². The fourth-order valence-electron chi connectivity index (χ4n) is 6.27. The number of hydrogen-bond donors (Lipinski definition) is 0. The second-order valence-electron chi connectivity index (χ2n) is 17.4. The minimum Gasteiger partial charge on any atom is -0.462 e. The zero-order chi connectivity index (χ0) is 36.4. The first-order chi connectivity index (χ1) is 22.1. The molecule has 0 amide bonds. The summed E-state index contributed by atoms with van der Waals surface area (Å²) in [6.45, 7) is 26.5. The molecule has 1 fully saturated rings. The number of esters is 1. The molecule has 1 aromatic carbocycles. The summed E-state index contributed by atoms with van der Waals surface area (Å²) in [4.78, 5) is 12.4. The predicted octanol–water partition coefficient (Wildman–Crippen LogP) is 11.4. The standard InChI is InChI=1S/C39H71O6PSi2/c1-31(40)43-36-30-37(45-48(12,13)39(5,6)7)35(34(36)26-19-14-15-20-29-46(9,41)42-8)28-27-33(44-47(10,11)38(2,3)4)25-21-24-32-22-17-16-18-23-32/h14,16-19,22-23,33-37H,15,20-21,24-30H2,1-13H3/b19-14-/t33-,34+,35+,36-,37+,46?/m0/s1. The number of allylic oxidation sites excluding steroid dienone is 2. The van der Waals surface area contributed by atoms with Crippen molar-refractivity contribution in [3.63, 3.8) is 0 Å². The van der Waals surface area contributed by atoms with Crippen LogP contribution in [0.5, 0.6) is 0 Å². The first-order valence-corrected chi connectivity index (χ1v) is 26.5. The maximum atomic E-state index is 12.4. The number of benzene rings is 1. The van der Waals surface area contributed by atoms with Gasteiger partial charge in [0.15, 0.2) is 24.0 Å². The van der Waals surface area contributed by atoms with Crippen molar-refractivity contribution in [2.24, 2.45) is 11.8 Å². The van der Waals surface area contributed by atoms with Crippen LogP contribution in [0.15, 0.2) is 42.5 Å². The third-order valence-corrected chi connectivity index (χ3v) is 22.3. The monoisotopic (exact) mass is 722 g/mol. The minimum absolute atomic E-state index is 0.0409. The van der Waals surface area contributed by atoms with Gasteiger partial charge in [0.1, 0.15) is 6.10 Å². The molecule has 1 saturated carbocycles. The number of aryl methyl sites for hydroxylation is 1. The van der Waals surface area contributed by atoms with Gasteiger partial charge in [-0.3, -0.25) is 9.36 Å². The predicted molar refractivity (Wildman–Crippen MR) is 208 cm³/mol. The SMILES string of the molecule is COP(C)(=O)CCC/C=C\C[C@@H]1[C@@H](CC[C@H](CCCc2ccccc2)O[Si](C)(C)C(C)(C)C)[C@H](O[Si](C)(C)C(C)(C)C)C[C@@H]1OC(C)=O. The summed E-state index contributed by atoms with van der Waals surface area (Å²) in [6.07, 6.45) is 13.5. The average Bonchev–Trinajstić information content (AvgIpc) is 3.26. The van der Waals surface area contributed by atoms with E-state index in [9.17, 15) is 9.36 Å². The Morgan fingerprint density at radius 2 is 1.54 bits per heavy atom. The van der Waals surface area contributed by atoms with Crippen molar-refractivity contribution < 1.29 is 27.5 Å². The normalized spacial score (nSPS) is 22.9. The molecule has 6 nitrogen and oxygen atoms in total. The first kappa shape index (κ1) is 43.1. The molecule has 0 radical (unpaired) electrons. The fourth-order valence-corrected chi connectivity index (χ4v) is 10.0. The van der Waals surface area contributed by atoms with Crippen LogP contribution in [0.3, 0.4) is 0 Å². The summed E-state index contributed by atoms with van der Waals surface area (Å²) in [7, 11) is -5.05. The minimum atomic E-state index is -2.50. The van der Waals surface area contributed by atoms with Crippen LogP contribution >= 0.6 is 7.37 Å². The third kappa shape index (κ3) is 13.9. The maximum absolute atomic E-state index is 12.4. The first-order valence-electron chi connectivity index (χ1n) is 18.4. The van der Waals surface area contributed by atoms with E-state index in [4.69, 9.17) is 18.1 Å². The van der Waals surface area contributed by atoms with Gasteiger partial charge in [0, 0.05) is 45.3 Å². The molecule has 0 heterocycles. The number of unbranched alkanes of at least 4 members (excludes halogenated alkanes) is 1. The molecule has 0 aromatic heterocycles. The molecule has 1 aromatic rings. The van der Waals surface area contributed by atoms with Crippen LogP contribution in [0.1, 0.15) is 105 Å². The second-order valence-corrected chi connectivity index (χ2v) is 29.7. The van der Waals surface area contributed by atoms with Crippen LogP contribution in [0, 0.1) is 11.8 Å². The molecule has 48 heavy (non-hydrogen) atoms. The molecule has 0 bridgehead atoms. The summed E-state index contributed by atoms with van der Waals surface area (Å²) < 4.78 is 37.9. The Bertz CT molecular complexity index is 1190. The van der Waals surface area contributed by atoms with Crippen LogP contribution in [0.2, 0.25) is 36.3 Å². The van der Waals surface area contributed by atoms with E-state index in [2.05, 4.69) is 110 Å². The molecule has 1 unspecified atom stereocenters. The Hall–Kier alpha value is -1.03. The van der Waals surface area contributed by atoms with E-state index in [-0.39, 0.29) is 46.2 Å². The zero-order valence-electron chi connectivity index (χ0n) is 32.9. The van der Waals surface area contributed by atoms with Gasteiger partial charge in [0.2, 0.25) is 0 Å². The van der Waals surface area contributed by atoms with Crippen molar-refractivity contribution in [2.45, 2.75) is 161 Å². The number of carbonyl (C=O) groups is 1. The van der Waals surface area contributed by atoms with Gasteiger partial charge in [-0.05, 0) is 99.1 Å². The van der Waals surface area contributed by atoms with Gasteiger partial charge in [-0.1, -0.05) is 84.0 Å². The van der Waals surface area contributed by atoms with Gasteiger partial charge >= 0.3 is 5.97 Å². The maximum Gasteiger partial charge on any atom is 0.302 e. The van der Waals surface area contributed by atoms with E-state index < -0.39 is 24.0 Å². The molecular weight excluding hydrogens is 652 g/mol. The Morgan fingerprint density at radius 1 is 0.917 bits per heavy atom. The largest absolute Gasteiger partial charge is 0.462 e. The molecule has 9 heteroatoms. The molecule has 0 spiro atoms. The van der Waals surface area contributed by atoms with Crippen molar-refractivity contribution in [1.82, 2.24) is 0 Å².